The Bertz CT molecular complexity index is 271. The van der Waals surface area contributed by atoms with Crippen LogP contribution in [0.2, 0.25) is 0 Å². The molecule has 0 saturated heterocycles. The molecule has 0 aromatic heterocycles. The molecular weight excluding hydrogens is 188 g/mol. The minimum absolute atomic E-state index is 0. The molecule has 1 amide bonds. The van der Waals surface area contributed by atoms with Crippen molar-refractivity contribution in [3.63, 3.8) is 0 Å². The summed E-state index contributed by atoms with van der Waals surface area (Å²) in [5.74, 6) is -0.383. The average Bonchev–Trinajstić information content (AvgIpc) is 2.06. The van der Waals surface area contributed by atoms with Gasteiger partial charge in [0, 0.05) is 12.1 Å². The van der Waals surface area contributed by atoms with Crippen molar-refractivity contribution >= 4 is 18.3 Å². The number of carbonyl (C=O) groups is 1. The van der Waals surface area contributed by atoms with Crippen LogP contribution in [-0.2, 0) is 6.54 Å². The maximum Gasteiger partial charge on any atom is 0.248 e. The number of hydrogen-bond acceptors (Lipinski definition) is 2. The zero-order chi connectivity index (χ0) is 8.97. The van der Waals surface area contributed by atoms with Gasteiger partial charge in [0.1, 0.15) is 0 Å². The van der Waals surface area contributed by atoms with Crippen molar-refractivity contribution in [3.8, 4) is 0 Å². The van der Waals surface area contributed by atoms with Gasteiger partial charge in [-0.15, -0.1) is 12.4 Å². The molecule has 0 saturated carbocycles. The number of rotatable bonds is 3. The van der Waals surface area contributed by atoms with Gasteiger partial charge in [-0.25, -0.2) is 0 Å². The van der Waals surface area contributed by atoms with E-state index < -0.39 is 0 Å². The van der Waals surface area contributed by atoms with Crippen molar-refractivity contribution in [1.82, 2.24) is 5.32 Å². The van der Waals surface area contributed by atoms with Crippen molar-refractivity contribution in [2.45, 2.75) is 6.54 Å². The molecule has 0 aliphatic rings. The first-order valence-corrected chi connectivity index (χ1v) is 3.77. The molecule has 72 valence electrons. The van der Waals surface area contributed by atoms with E-state index in [0.29, 0.717) is 5.56 Å². The summed E-state index contributed by atoms with van der Waals surface area (Å²) >= 11 is 0. The Labute approximate surface area is 83.7 Å². The molecule has 3 nitrogen and oxygen atoms in total. The predicted molar refractivity (Wildman–Crippen MR) is 55.0 cm³/mol. The summed E-state index contributed by atoms with van der Waals surface area (Å²) in [6.45, 7) is 0.805. The number of benzene rings is 1. The Balaban J connectivity index is 0.00000144. The second-order valence-electron chi connectivity index (χ2n) is 2.59. The maximum atomic E-state index is 10.7. The van der Waals surface area contributed by atoms with Crippen molar-refractivity contribution in [3.05, 3.63) is 35.4 Å². The molecule has 0 radical (unpaired) electrons. The highest BCUT2D eigenvalue weighted by Gasteiger charge is 1.98. The average molecular weight is 201 g/mol. The van der Waals surface area contributed by atoms with Gasteiger partial charge >= 0.3 is 0 Å². The Morgan fingerprint density at radius 2 is 1.92 bits per heavy atom. The molecule has 0 spiro atoms. The summed E-state index contributed by atoms with van der Waals surface area (Å²) in [5, 5.41) is 3.02. The topological polar surface area (TPSA) is 55.1 Å². The second-order valence-corrected chi connectivity index (χ2v) is 2.59. The predicted octanol–water partition coefficient (Wildman–Crippen LogP) is 0.927. The minimum Gasteiger partial charge on any atom is -0.366 e. The van der Waals surface area contributed by atoms with E-state index in [-0.39, 0.29) is 18.3 Å². The van der Waals surface area contributed by atoms with E-state index in [1.54, 1.807) is 12.1 Å². The Morgan fingerprint density at radius 3 is 2.31 bits per heavy atom. The lowest BCUT2D eigenvalue weighted by Gasteiger charge is -1.99. The molecule has 4 heteroatoms. The van der Waals surface area contributed by atoms with Crippen LogP contribution in [-0.4, -0.2) is 13.0 Å². The molecule has 0 atom stereocenters. The maximum absolute atomic E-state index is 10.7. The summed E-state index contributed by atoms with van der Waals surface area (Å²) in [5.41, 5.74) is 6.78. The van der Waals surface area contributed by atoms with Crippen LogP contribution in [0.4, 0.5) is 0 Å². The van der Waals surface area contributed by atoms with Crippen LogP contribution >= 0.6 is 12.4 Å². The highest BCUT2D eigenvalue weighted by Crippen LogP contribution is 2.02. The third-order valence-electron chi connectivity index (χ3n) is 1.62. The smallest absolute Gasteiger partial charge is 0.248 e. The highest BCUT2D eigenvalue weighted by atomic mass is 35.5. The number of halogens is 1. The fraction of sp³-hybridized carbons (Fsp3) is 0.222. The van der Waals surface area contributed by atoms with Gasteiger partial charge in [-0.3, -0.25) is 4.79 Å². The molecule has 0 fully saturated rings. The van der Waals surface area contributed by atoms with E-state index in [4.69, 9.17) is 5.73 Å². The van der Waals surface area contributed by atoms with Gasteiger partial charge in [-0.2, -0.15) is 0 Å². The highest BCUT2D eigenvalue weighted by molar-refractivity contribution is 5.92. The molecule has 1 aromatic rings. The molecule has 0 unspecified atom stereocenters. The van der Waals surface area contributed by atoms with Crippen LogP contribution in [0.25, 0.3) is 0 Å². The zero-order valence-electron chi connectivity index (χ0n) is 7.41. The third-order valence-corrected chi connectivity index (χ3v) is 1.62. The van der Waals surface area contributed by atoms with Gasteiger partial charge in [0.15, 0.2) is 0 Å². The summed E-state index contributed by atoms with van der Waals surface area (Å²) in [4.78, 5) is 10.7. The molecule has 0 aliphatic carbocycles. The first-order valence-electron chi connectivity index (χ1n) is 3.77. The molecule has 0 heterocycles. The first-order chi connectivity index (χ1) is 5.74. The lowest BCUT2D eigenvalue weighted by molar-refractivity contribution is 0.100. The fourth-order valence-electron chi connectivity index (χ4n) is 0.991. The fourth-order valence-corrected chi connectivity index (χ4v) is 0.991. The lowest BCUT2D eigenvalue weighted by Crippen LogP contribution is -2.11. The van der Waals surface area contributed by atoms with Crippen LogP contribution in [0.15, 0.2) is 24.3 Å². The van der Waals surface area contributed by atoms with Crippen LogP contribution in [0.5, 0.6) is 0 Å². The summed E-state index contributed by atoms with van der Waals surface area (Å²) in [6.07, 6.45) is 0. The van der Waals surface area contributed by atoms with Gasteiger partial charge in [0.2, 0.25) is 5.91 Å². The SMILES string of the molecule is CNCc1ccc(C(N)=O)cc1.Cl. The van der Waals surface area contributed by atoms with E-state index in [1.807, 2.05) is 19.2 Å². The number of amides is 1. The first kappa shape index (κ1) is 11.9. The minimum atomic E-state index is -0.383. The molecule has 0 aliphatic heterocycles. The monoisotopic (exact) mass is 200 g/mol. The van der Waals surface area contributed by atoms with Crippen LogP contribution in [0.3, 0.4) is 0 Å². The van der Waals surface area contributed by atoms with Crippen LogP contribution in [0, 0.1) is 0 Å². The molecule has 3 N–H and O–H groups in total. The second kappa shape index (κ2) is 5.56. The number of nitrogens with one attached hydrogen (secondary N) is 1. The number of hydrogen-bond donors (Lipinski definition) is 2. The van der Waals surface area contributed by atoms with Gasteiger partial charge in [0.05, 0.1) is 0 Å². The Kier molecular flexibility index (Phi) is 5.11. The molecule has 0 bridgehead atoms. The van der Waals surface area contributed by atoms with Crippen molar-refractivity contribution in [2.24, 2.45) is 5.73 Å². The summed E-state index contributed by atoms with van der Waals surface area (Å²) in [7, 11) is 1.88. The zero-order valence-corrected chi connectivity index (χ0v) is 8.23. The van der Waals surface area contributed by atoms with Crippen molar-refractivity contribution in [2.75, 3.05) is 7.05 Å². The van der Waals surface area contributed by atoms with Gasteiger partial charge in [-0.05, 0) is 24.7 Å². The van der Waals surface area contributed by atoms with Gasteiger partial charge in [0.25, 0.3) is 0 Å². The Hall–Kier alpha value is -1.06. The number of primary amides is 1. The molecule has 1 aromatic carbocycles. The van der Waals surface area contributed by atoms with Gasteiger partial charge < -0.3 is 11.1 Å². The van der Waals surface area contributed by atoms with Crippen LogP contribution < -0.4 is 11.1 Å². The van der Waals surface area contributed by atoms with E-state index in [0.717, 1.165) is 12.1 Å². The molecular formula is C9H13ClN2O. The summed E-state index contributed by atoms with van der Waals surface area (Å²) in [6, 6.07) is 7.23. The summed E-state index contributed by atoms with van der Waals surface area (Å²) < 4.78 is 0. The Morgan fingerprint density at radius 1 is 1.38 bits per heavy atom. The van der Waals surface area contributed by atoms with Crippen LogP contribution in [0.1, 0.15) is 15.9 Å². The quantitative estimate of drug-likeness (QED) is 0.763. The van der Waals surface area contributed by atoms with E-state index in [9.17, 15) is 4.79 Å². The third kappa shape index (κ3) is 3.44. The lowest BCUT2D eigenvalue weighted by atomic mass is 10.1. The molecule has 13 heavy (non-hydrogen) atoms. The number of carbonyl (C=O) groups excluding carboxylic acids is 1. The largest absolute Gasteiger partial charge is 0.366 e. The standard InChI is InChI=1S/C9H12N2O.ClH/c1-11-6-7-2-4-8(5-3-7)9(10)12;/h2-5,11H,6H2,1H3,(H2,10,12);1H. The van der Waals surface area contributed by atoms with Crippen molar-refractivity contribution < 1.29 is 4.79 Å². The van der Waals surface area contributed by atoms with E-state index in [1.165, 1.54) is 0 Å². The normalized spacial score (nSPS) is 9.00. The van der Waals surface area contributed by atoms with Gasteiger partial charge in [-0.1, -0.05) is 12.1 Å². The van der Waals surface area contributed by atoms with E-state index in [2.05, 4.69) is 5.32 Å². The van der Waals surface area contributed by atoms with E-state index >= 15 is 0 Å². The number of nitrogens with two attached hydrogens (primary N) is 1. The van der Waals surface area contributed by atoms with Crippen molar-refractivity contribution in [1.29, 1.82) is 0 Å². The molecule has 1 rings (SSSR count).